The first kappa shape index (κ1) is 12.3. The average molecular weight is 255 g/mol. The van der Waals surface area contributed by atoms with Crippen LogP contribution in [0.2, 0.25) is 0 Å². The van der Waals surface area contributed by atoms with E-state index in [1.807, 2.05) is 0 Å². The van der Waals surface area contributed by atoms with Gasteiger partial charge in [0.2, 0.25) is 0 Å². The number of anilines is 1. The molecular formula is C11H17N3O2S. The summed E-state index contributed by atoms with van der Waals surface area (Å²) in [4.78, 5) is 17.2. The number of aromatic nitrogens is 1. The molecule has 0 fully saturated rings. The third-order valence-electron chi connectivity index (χ3n) is 2.66. The first-order chi connectivity index (χ1) is 8.29. The third-order valence-corrected chi connectivity index (χ3v) is 3.73. The second-order valence-corrected chi connectivity index (χ2v) is 5.05. The standard InChI is InChI=1S/C11H17N3O2S/c1-16-7-6-12-10(15)14-11-13-8-4-2-3-5-9(8)17-11/h2-7H2,1H3,(H2,12,13,14,15). The molecule has 6 heteroatoms. The topological polar surface area (TPSA) is 63.2 Å². The van der Waals surface area contributed by atoms with Gasteiger partial charge >= 0.3 is 6.03 Å². The Kier molecular flexibility index (Phi) is 4.33. The molecule has 0 saturated carbocycles. The molecule has 2 rings (SSSR count). The number of urea groups is 1. The lowest BCUT2D eigenvalue weighted by Gasteiger charge is -2.06. The molecule has 0 atom stereocenters. The number of thiazole rings is 1. The maximum absolute atomic E-state index is 11.5. The monoisotopic (exact) mass is 255 g/mol. The largest absolute Gasteiger partial charge is 0.383 e. The summed E-state index contributed by atoms with van der Waals surface area (Å²) in [5, 5.41) is 6.16. The Bertz CT molecular complexity index is 369. The van der Waals surface area contributed by atoms with Crippen molar-refractivity contribution >= 4 is 22.5 Å². The number of amides is 2. The van der Waals surface area contributed by atoms with Crippen molar-refractivity contribution in [3.63, 3.8) is 0 Å². The van der Waals surface area contributed by atoms with E-state index in [-0.39, 0.29) is 6.03 Å². The van der Waals surface area contributed by atoms with Crippen molar-refractivity contribution in [2.75, 3.05) is 25.6 Å². The van der Waals surface area contributed by atoms with Gasteiger partial charge in [0.1, 0.15) is 0 Å². The Balaban J connectivity index is 1.86. The SMILES string of the molecule is COCCNC(=O)Nc1nc2c(s1)CCCC2. The van der Waals surface area contributed by atoms with Gasteiger partial charge in [0, 0.05) is 18.5 Å². The lowest BCUT2D eigenvalue weighted by atomic mass is 10.0. The fraction of sp³-hybridized carbons (Fsp3) is 0.636. The number of carbonyl (C=O) groups excluding carboxylic acids is 1. The number of ether oxygens (including phenoxy) is 1. The minimum atomic E-state index is -0.215. The molecule has 0 bridgehead atoms. The molecule has 94 valence electrons. The third kappa shape index (κ3) is 3.41. The Morgan fingerprint density at radius 3 is 3.06 bits per heavy atom. The van der Waals surface area contributed by atoms with Crippen LogP contribution in [0.4, 0.5) is 9.93 Å². The highest BCUT2D eigenvalue weighted by molar-refractivity contribution is 7.15. The molecule has 1 aromatic rings. The van der Waals surface area contributed by atoms with Crippen LogP contribution in [0, 0.1) is 0 Å². The Hall–Kier alpha value is -1.14. The molecule has 17 heavy (non-hydrogen) atoms. The van der Waals surface area contributed by atoms with Crippen LogP contribution < -0.4 is 10.6 Å². The normalized spacial score (nSPS) is 14.2. The number of hydrogen-bond acceptors (Lipinski definition) is 4. The van der Waals surface area contributed by atoms with Crippen LogP contribution in [0.1, 0.15) is 23.4 Å². The summed E-state index contributed by atoms with van der Waals surface area (Å²) in [6, 6.07) is -0.215. The molecular weight excluding hydrogens is 238 g/mol. The summed E-state index contributed by atoms with van der Waals surface area (Å²) >= 11 is 1.59. The Morgan fingerprint density at radius 1 is 1.47 bits per heavy atom. The highest BCUT2D eigenvalue weighted by Gasteiger charge is 2.15. The van der Waals surface area contributed by atoms with Gasteiger partial charge < -0.3 is 10.1 Å². The molecule has 1 heterocycles. The van der Waals surface area contributed by atoms with Crippen molar-refractivity contribution < 1.29 is 9.53 Å². The maximum Gasteiger partial charge on any atom is 0.321 e. The van der Waals surface area contributed by atoms with Gasteiger partial charge in [0.25, 0.3) is 0 Å². The van der Waals surface area contributed by atoms with Crippen LogP contribution in [0.5, 0.6) is 0 Å². The molecule has 0 radical (unpaired) electrons. The van der Waals surface area contributed by atoms with Gasteiger partial charge in [0.05, 0.1) is 12.3 Å². The summed E-state index contributed by atoms with van der Waals surface area (Å²) in [5.41, 5.74) is 1.16. The molecule has 1 aliphatic carbocycles. The van der Waals surface area contributed by atoms with Crippen LogP contribution in [-0.2, 0) is 17.6 Å². The zero-order valence-electron chi connectivity index (χ0n) is 9.91. The lowest BCUT2D eigenvalue weighted by Crippen LogP contribution is -2.31. The van der Waals surface area contributed by atoms with E-state index < -0.39 is 0 Å². The molecule has 2 N–H and O–H groups in total. The molecule has 1 aliphatic rings. The molecule has 0 spiro atoms. The number of rotatable bonds is 4. The fourth-order valence-electron chi connectivity index (χ4n) is 1.81. The van der Waals surface area contributed by atoms with Gasteiger partial charge in [-0.05, 0) is 25.7 Å². The van der Waals surface area contributed by atoms with Crippen LogP contribution in [0.3, 0.4) is 0 Å². The maximum atomic E-state index is 11.5. The highest BCUT2D eigenvalue weighted by atomic mass is 32.1. The van der Waals surface area contributed by atoms with E-state index in [0.717, 1.165) is 18.5 Å². The van der Waals surface area contributed by atoms with E-state index in [0.29, 0.717) is 18.3 Å². The van der Waals surface area contributed by atoms with Gasteiger partial charge in [-0.25, -0.2) is 9.78 Å². The number of nitrogens with zero attached hydrogens (tertiary/aromatic N) is 1. The van der Waals surface area contributed by atoms with Gasteiger partial charge in [-0.15, -0.1) is 11.3 Å². The predicted molar refractivity (Wildman–Crippen MR) is 67.7 cm³/mol. The quantitative estimate of drug-likeness (QED) is 0.806. The summed E-state index contributed by atoms with van der Waals surface area (Å²) < 4.78 is 4.85. The summed E-state index contributed by atoms with van der Waals surface area (Å²) in [5.74, 6) is 0. The summed E-state index contributed by atoms with van der Waals surface area (Å²) in [7, 11) is 1.61. The molecule has 2 amide bonds. The average Bonchev–Trinajstić information content (AvgIpc) is 2.71. The van der Waals surface area contributed by atoms with Crippen LogP contribution >= 0.6 is 11.3 Å². The van der Waals surface area contributed by atoms with Gasteiger partial charge in [-0.2, -0.15) is 0 Å². The van der Waals surface area contributed by atoms with E-state index in [1.165, 1.54) is 17.7 Å². The van der Waals surface area contributed by atoms with Crippen molar-refractivity contribution in [3.8, 4) is 0 Å². The number of carbonyl (C=O) groups is 1. The fourth-order valence-corrected chi connectivity index (χ4v) is 2.86. The number of methoxy groups -OCH3 is 1. The van der Waals surface area contributed by atoms with Crippen LogP contribution in [-0.4, -0.2) is 31.3 Å². The van der Waals surface area contributed by atoms with Crippen molar-refractivity contribution in [2.24, 2.45) is 0 Å². The minimum absolute atomic E-state index is 0.215. The smallest absolute Gasteiger partial charge is 0.321 e. The van der Waals surface area contributed by atoms with Crippen LogP contribution in [0.25, 0.3) is 0 Å². The molecule has 0 saturated heterocycles. The van der Waals surface area contributed by atoms with Gasteiger partial charge in [-0.3, -0.25) is 5.32 Å². The highest BCUT2D eigenvalue weighted by Crippen LogP contribution is 2.29. The van der Waals surface area contributed by atoms with Gasteiger partial charge in [0.15, 0.2) is 5.13 Å². The molecule has 0 aromatic carbocycles. The van der Waals surface area contributed by atoms with E-state index >= 15 is 0 Å². The van der Waals surface area contributed by atoms with Crippen LogP contribution in [0.15, 0.2) is 0 Å². The first-order valence-electron chi connectivity index (χ1n) is 5.82. The molecule has 5 nitrogen and oxygen atoms in total. The van der Waals surface area contributed by atoms with Crippen molar-refractivity contribution in [1.82, 2.24) is 10.3 Å². The summed E-state index contributed by atoms with van der Waals surface area (Å²) in [6.07, 6.45) is 4.57. The predicted octanol–water partition coefficient (Wildman–Crippen LogP) is 1.79. The van der Waals surface area contributed by atoms with Crippen molar-refractivity contribution in [1.29, 1.82) is 0 Å². The van der Waals surface area contributed by atoms with E-state index in [1.54, 1.807) is 18.4 Å². The van der Waals surface area contributed by atoms with Gasteiger partial charge in [-0.1, -0.05) is 0 Å². The second-order valence-electron chi connectivity index (χ2n) is 3.97. The number of hydrogen-bond donors (Lipinski definition) is 2. The Labute approximate surface area is 105 Å². The number of fused-ring (bicyclic) bond motifs is 1. The van der Waals surface area contributed by atoms with Crippen molar-refractivity contribution in [2.45, 2.75) is 25.7 Å². The zero-order valence-corrected chi connectivity index (χ0v) is 10.7. The number of aryl methyl sites for hydroxylation is 2. The number of nitrogens with one attached hydrogen (secondary N) is 2. The molecule has 0 aliphatic heterocycles. The van der Waals surface area contributed by atoms with Crippen molar-refractivity contribution in [3.05, 3.63) is 10.6 Å². The zero-order chi connectivity index (χ0) is 12.1. The van der Waals surface area contributed by atoms with E-state index in [9.17, 15) is 4.79 Å². The first-order valence-corrected chi connectivity index (χ1v) is 6.63. The second kappa shape index (κ2) is 5.97. The lowest BCUT2D eigenvalue weighted by molar-refractivity contribution is 0.198. The van der Waals surface area contributed by atoms with E-state index in [4.69, 9.17) is 4.74 Å². The molecule has 0 unspecified atom stereocenters. The minimum Gasteiger partial charge on any atom is -0.383 e. The van der Waals surface area contributed by atoms with E-state index in [2.05, 4.69) is 15.6 Å². The Morgan fingerprint density at radius 2 is 2.29 bits per heavy atom. The summed E-state index contributed by atoms with van der Waals surface area (Å²) in [6.45, 7) is 1.02. The molecule has 1 aromatic heterocycles.